The second-order valence-electron chi connectivity index (χ2n) is 6.18. The topological polar surface area (TPSA) is 37.4 Å². The second kappa shape index (κ2) is 8.35. The molecule has 0 aliphatic carbocycles. The Morgan fingerprint density at radius 1 is 1.48 bits per heavy atom. The first kappa shape index (κ1) is 16.2. The number of nitrogens with zero attached hydrogens (tertiary/aromatic N) is 2. The van der Waals surface area contributed by atoms with E-state index in [4.69, 9.17) is 4.74 Å². The highest BCUT2D eigenvalue weighted by Gasteiger charge is 2.20. The van der Waals surface area contributed by atoms with Crippen LogP contribution in [0.4, 0.5) is 5.82 Å². The molecule has 1 aliphatic heterocycles. The van der Waals surface area contributed by atoms with Gasteiger partial charge >= 0.3 is 0 Å². The molecule has 4 heteroatoms. The van der Waals surface area contributed by atoms with E-state index in [0.717, 1.165) is 38.6 Å². The minimum absolute atomic E-state index is 0.364. The summed E-state index contributed by atoms with van der Waals surface area (Å²) in [6.07, 6.45) is 4.61. The second-order valence-corrected chi connectivity index (χ2v) is 6.18. The van der Waals surface area contributed by atoms with Crippen molar-refractivity contribution in [1.29, 1.82) is 0 Å². The quantitative estimate of drug-likeness (QED) is 0.799. The van der Waals surface area contributed by atoms with Crippen LogP contribution in [-0.2, 0) is 11.3 Å². The van der Waals surface area contributed by atoms with Gasteiger partial charge in [-0.3, -0.25) is 0 Å². The van der Waals surface area contributed by atoms with E-state index in [1.807, 2.05) is 12.3 Å². The van der Waals surface area contributed by atoms with E-state index in [1.165, 1.54) is 18.4 Å². The van der Waals surface area contributed by atoms with Crippen molar-refractivity contribution in [2.45, 2.75) is 46.3 Å². The van der Waals surface area contributed by atoms with E-state index in [-0.39, 0.29) is 0 Å². The van der Waals surface area contributed by atoms with Crippen LogP contribution >= 0.6 is 0 Å². The highest BCUT2D eigenvalue weighted by atomic mass is 16.5. The molecule has 1 atom stereocenters. The number of aromatic nitrogens is 1. The summed E-state index contributed by atoms with van der Waals surface area (Å²) >= 11 is 0. The molecular weight excluding hydrogens is 262 g/mol. The molecule has 1 fully saturated rings. The summed E-state index contributed by atoms with van der Waals surface area (Å²) in [7, 11) is 0. The number of pyridine rings is 1. The zero-order valence-corrected chi connectivity index (χ0v) is 13.6. The van der Waals surface area contributed by atoms with Gasteiger partial charge in [0.15, 0.2) is 0 Å². The Labute approximate surface area is 128 Å². The number of likely N-dealkylation sites (N-methyl/N-ethyl adjacent to an activating group) is 1. The fraction of sp³-hybridized carbons (Fsp3) is 0.706. The average molecular weight is 291 g/mol. The molecule has 0 amide bonds. The van der Waals surface area contributed by atoms with Crippen LogP contribution in [0.25, 0.3) is 0 Å². The first-order chi connectivity index (χ1) is 10.2. The number of hydrogen-bond donors (Lipinski definition) is 1. The van der Waals surface area contributed by atoms with Gasteiger partial charge in [0.25, 0.3) is 0 Å². The van der Waals surface area contributed by atoms with E-state index in [9.17, 15) is 0 Å². The molecule has 0 aromatic carbocycles. The highest BCUT2D eigenvalue weighted by molar-refractivity contribution is 5.46. The zero-order valence-electron chi connectivity index (χ0n) is 13.6. The Morgan fingerprint density at radius 3 is 3.00 bits per heavy atom. The summed E-state index contributed by atoms with van der Waals surface area (Å²) in [6.45, 7) is 11.4. The van der Waals surface area contributed by atoms with Crippen molar-refractivity contribution < 1.29 is 4.74 Å². The van der Waals surface area contributed by atoms with Gasteiger partial charge in [-0.05, 0) is 38.3 Å². The van der Waals surface area contributed by atoms with Crippen LogP contribution in [-0.4, -0.2) is 37.3 Å². The van der Waals surface area contributed by atoms with Crippen LogP contribution in [0.1, 0.15) is 39.2 Å². The van der Waals surface area contributed by atoms with E-state index in [1.54, 1.807) is 0 Å². The Hall–Kier alpha value is -1.13. The third-order valence-electron chi connectivity index (χ3n) is 3.86. The number of hydrogen-bond acceptors (Lipinski definition) is 4. The van der Waals surface area contributed by atoms with Gasteiger partial charge in [0, 0.05) is 38.0 Å². The molecule has 1 saturated heterocycles. The van der Waals surface area contributed by atoms with Crippen molar-refractivity contribution in [2.24, 2.45) is 5.92 Å². The van der Waals surface area contributed by atoms with Crippen molar-refractivity contribution in [2.75, 3.05) is 31.1 Å². The third kappa shape index (κ3) is 4.97. The lowest BCUT2D eigenvalue weighted by Gasteiger charge is -2.27. The third-order valence-corrected chi connectivity index (χ3v) is 3.86. The summed E-state index contributed by atoms with van der Waals surface area (Å²) in [5, 5.41) is 3.52. The Balaban J connectivity index is 2.01. The van der Waals surface area contributed by atoms with Crippen molar-refractivity contribution in [3.63, 3.8) is 0 Å². The van der Waals surface area contributed by atoms with Gasteiger partial charge in [-0.1, -0.05) is 19.9 Å². The van der Waals surface area contributed by atoms with Gasteiger partial charge < -0.3 is 15.0 Å². The fourth-order valence-corrected chi connectivity index (χ4v) is 2.75. The normalized spacial score (nSPS) is 18.4. The van der Waals surface area contributed by atoms with Crippen LogP contribution in [0.5, 0.6) is 0 Å². The molecule has 2 rings (SSSR count). The number of anilines is 1. The molecule has 0 bridgehead atoms. The van der Waals surface area contributed by atoms with Gasteiger partial charge in [0.2, 0.25) is 0 Å². The van der Waals surface area contributed by atoms with E-state index in [0.29, 0.717) is 12.0 Å². The van der Waals surface area contributed by atoms with Crippen molar-refractivity contribution in [3.05, 3.63) is 23.9 Å². The molecule has 21 heavy (non-hydrogen) atoms. The number of rotatable bonds is 8. The molecule has 1 unspecified atom stereocenters. The average Bonchev–Trinajstić information content (AvgIpc) is 2.98. The van der Waals surface area contributed by atoms with Gasteiger partial charge in [-0.15, -0.1) is 0 Å². The highest BCUT2D eigenvalue weighted by Crippen LogP contribution is 2.20. The lowest BCUT2D eigenvalue weighted by atomic mass is 10.2. The molecule has 0 spiro atoms. The van der Waals surface area contributed by atoms with Crippen molar-refractivity contribution in [3.8, 4) is 0 Å². The lowest BCUT2D eigenvalue weighted by molar-refractivity contribution is 0.115. The molecule has 1 aliphatic rings. The molecule has 1 aromatic heterocycles. The minimum Gasteiger partial charge on any atom is -0.376 e. The van der Waals surface area contributed by atoms with Gasteiger partial charge in [0.05, 0.1) is 6.10 Å². The summed E-state index contributed by atoms with van der Waals surface area (Å²) < 4.78 is 5.77. The Morgan fingerprint density at radius 2 is 2.33 bits per heavy atom. The summed E-state index contributed by atoms with van der Waals surface area (Å²) in [5.74, 6) is 1.77. The minimum atomic E-state index is 0.364. The standard InChI is InChI=1S/C17H29N3O/c1-4-20(13-16-8-6-10-21-16)17-15(7-5-9-19-17)12-18-11-14(2)3/h5,7,9,14,16,18H,4,6,8,10-13H2,1-3H3. The van der Waals surface area contributed by atoms with E-state index >= 15 is 0 Å². The molecule has 4 nitrogen and oxygen atoms in total. The first-order valence-electron chi connectivity index (χ1n) is 8.21. The van der Waals surface area contributed by atoms with Gasteiger partial charge in [-0.2, -0.15) is 0 Å². The predicted molar refractivity (Wildman–Crippen MR) is 87.6 cm³/mol. The molecule has 118 valence electrons. The van der Waals surface area contributed by atoms with Crippen LogP contribution in [0, 0.1) is 5.92 Å². The molecule has 1 aromatic rings. The Kier molecular flexibility index (Phi) is 6.46. The smallest absolute Gasteiger partial charge is 0.133 e. The SMILES string of the molecule is CCN(CC1CCCO1)c1ncccc1CNCC(C)C. The number of nitrogens with one attached hydrogen (secondary N) is 1. The van der Waals surface area contributed by atoms with E-state index in [2.05, 4.69) is 42.0 Å². The monoisotopic (exact) mass is 291 g/mol. The summed E-state index contributed by atoms with van der Waals surface area (Å²) in [5.41, 5.74) is 1.28. The van der Waals surface area contributed by atoms with Crippen LogP contribution in [0.3, 0.4) is 0 Å². The Bertz CT molecular complexity index is 416. The predicted octanol–water partition coefficient (Wildman–Crippen LogP) is 2.83. The molecule has 0 radical (unpaired) electrons. The van der Waals surface area contributed by atoms with Crippen LogP contribution < -0.4 is 10.2 Å². The maximum absolute atomic E-state index is 5.77. The zero-order chi connectivity index (χ0) is 15.1. The maximum atomic E-state index is 5.77. The fourth-order valence-electron chi connectivity index (χ4n) is 2.75. The molecule has 2 heterocycles. The van der Waals surface area contributed by atoms with Gasteiger partial charge in [0.1, 0.15) is 5.82 Å². The summed E-state index contributed by atoms with van der Waals surface area (Å²) in [4.78, 5) is 6.97. The first-order valence-corrected chi connectivity index (χ1v) is 8.21. The maximum Gasteiger partial charge on any atom is 0.133 e. The van der Waals surface area contributed by atoms with Gasteiger partial charge in [-0.25, -0.2) is 4.98 Å². The van der Waals surface area contributed by atoms with Crippen LogP contribution in [0.2, 0.25) is 0 Å². The molecule has 1 N–H and O–H groups in total. The molecule has 0 saturated carbocycles. The summed E-state index contributed by atoms with van der Waals surface area (Å²) in [6, 6.07) is 4.20. The van der Waals surface area contributed by atoms with Crippen molar-refractivity contribution >= 4 is 5.82 Å². The van der Waals surface area contributed by atoms with Crippen LogP contribution in [0.15, 0.2) is 18.3 Å². The lowest BCUT2D eigenvalue weighted by Crippen LogP contribution is -2.34. The van der Waals surface area contributed by atoms with Crippen molar-refractivity contribution in [1.82, 2.24) is 10.3 Å². The molecular formula is C17H29N3O. The number of ether oxygens (including phenoxy) is 1. The largest absolute Gasteiger partial charge is 0.376 e. The van der Waals surface area contributed by atoms with E-state index < -0.39 is 0 Å².